The van der Waals surface area contributed by atoms with E-state index in [9.17, 15) is 4.79 Å². The Morgan fingerprint density at radius 3 is 3.12 bits per heavy atom. The number of methoxy groups -OCH3 is 2. The van der Waals surface area contributed by atoms with E-state index in [-0.39, 0.29) is 11.8 Å². The molecule has 1 aliphatic heterocycles. The number of fused-ring (bicyclic) bond motifs is 1. The van der Waals surface area contributed by atoms with Gasteiger partial charge in [-0.25, -0.2) is 4.98 Å². The second-order valence-corrected chi connectivity index (χ2v) is 7.26. The van der Waals surface area contributed by atoms with Gasteiger partial charge >= 0.3 is 0 Å². The van der Waals surface area contributed by atoms with E-state index >= 15 is 0 Å². The quantitative estimate of drug-likeness (QED) is 0.766. The van der Waals surface area contributed by atoms with Gasteiger partial charge in [0.05, 0.1) is 23.2 Å². The number of rotatable bonds is 7. The maximum atomic E-state index is 12.4. The fraction of sp³-hybridized carbons (Fsp3) is 0.556. The molecule has 1 aromatic heterocycles. The molecular weight excluding hydrogens is 338 g/mol. The molecule has 1 aliphatic rings. The predicted molar refractivity (Wildman–Crippen MR) is 101 cm³/mol. The summed E-state index contributed by atoms with van der Waals surface area (Å²) < 4.78 is 11.4. The van der Waals surface area contributed by atoms with Crippen molar-refractivity contribution in [2.75, 3.05) is 45.4 Å². The summed E-state index contributed by atoms with van der Waals surface area (Å²) in [5, 5.41) is 4.01. The van der Waals surface area contributed by atoms with Gasteiger partial charge in [0.2, 0.25) is 5.91 Å². The van der Waals surface area contributed by atoms with Gasteiger partial charge in [0.1, 0.15) is 5.75 Å². The number of thiazole rings is 1. The summed E-state index contributed by atoms with van der Waals surface area (Å²) in [5.41, 5.74) is 0.979. The number of hydrogen-bond acceptors (Lipinski definition) is 6. The molecule has 0 bridgehead atoms. The van der Waals surface area contributed by atoms with Crippen molar-refractivity contribution in [3.05, 3.63) is 18.2 Å². The average molecular weight is 363 g/mol. The van der Waals surface area contributed by atoms with Crippen molar-refractivity contribution in [3.8, 4) is 5.75 Å². The van der Waals surface area contributed by atoms with Crippen LogP contribution >= 0.6 is 11.3 Å². The molecule has 25 heavy (non-hydrogen) atoms. The number of aromatic nitrogens is 1. The zero-order valence-electron chi connectivity index (χ0n) is 14.8. The molecule has 1 N–H and O–H groups in total. The SMILES string of the molecule is COCCCNC(=O)C1CCCN(c2nc3ccc(OC)cc3s2)C1. The number of hydrogen-bond donors (Lipinski definition) is 1. The minimum absolute atomic E-state index is 0.0258. The summed E-state index contributed by atoms with van der Waals surface area (Å²) in [6, 6.07) is 5.93. The Kier molecular flexibility index (Phi) is 6.09. The van der Waals surface area contributed by atoms with Gasteiger partial charge in [0, 0.05) is 33.4 Å². The molecule has 2 heterocycles. The number of nitrogens with one attached hydrogen (secondary N) is 1. The molecule has 1 amide bonds. The fourth-order valence-electron chi connectivity index (χ4n) is 3.09. The first-order valence-electron chi connectivity index (χ1n) is 8.67. The van der Waals surface area contributed by atoms with Crippen LogP contribution in [0.2, 0.25) is 0 Å². The molecule has 1 aromatic carbocycles. The first kappa shape index (κ1) is 17.9. The zero-order chi connectivity index (χ0) is 17.6. The lowest BCUT2D eigenvalue weighted by molar-refractivity contribution is -0.125. The second-order valence-electron chi connectivity index (χ2n) is 6.25. The number of piperidine rings is 1. The van der Waals surface area contributed by atoms with Gasteiger partial charge in [0.25, 0.3) is 0 Å². The van der Waals surface area contributed by atoms with Crippen molar-refractivity contribution in [1.29, 1.82) is 0 Å². The molecule has 1 atom stereocenters. The molecule has 3 rings (SSSR count). The Labute approximate surface area is 152 Å². The van der Waals surface area contributed by atoms with Gasteiger partial charge < -0.3 is 19.7 Å². The highest BCUT2D eigenvalue weighted by atomic mass is 32.1. The van der Waals surface area contributed by atoms with Crippen LogP contribution in [-0.4, -0.2) is 51.4 Å². The number of amides is 1. The predicted octanol–water partition coefficient (Wildman–Crippen LogP) is 2.67. The third-order valence-electron chi connectivity index (χ3n) is 4.47. The van der Waals surface area contributed by atoms with Crippen molar-refractivity contribution >= 4 is 32.6 Å². The number of carbonyl (C=O) groups excluding carboxylic acids is 1. The molecule has 0 aliphatic carbocycles. The van der Waals surface area contributed by atoms with Gasteiger partial charge in [-0.05, 0) is 37.5 Å². The highest BCUT2D eigenvalue weighted by Gasteiger charge is 2.27. The Morgan fingerprint density at radius 1 is 1.44 bits per heavy atom. The molecule has 7 heteroatoms. The fourth-order valence-corrected chi connectivity index (χ4v) is 4.12. The third kappa shape index (κ3) is 4.41. The minimum atomic E-state index is 0.0258. The summed E-state index contributed by atoms with van der Waals surface area (Å²) >= 11 is 1.66. The molecule has 1 unspecified atom stereocenters. The molecule has 0 saturated carbocycles. The topological polar surface area (TPSA) is 63.7 Å². The van der Waals surface area contributed by atoms with Crippen LogP contribution in [-0.2, 0) is 9.53 Å². The van der Waals surface area contributed by atoms with Gasteiger partial charge in [-0.1, -0.05) is 11.3 Å². The van der Waals surface area contributed by atoms with E-state index in [1.54, 1.807) is 25.6 Å². The van der Waals surface area contributed by atoms with Gasteiger partial charge in [-0.3, -0.25) is 4.79 Å². The lowest BCUT2D eigenvalue weighted by Gasteiger charge is -2.31. The smallest absolute Gasteiger partial charge is 0.224 e. The second kappa shape index (κ2) is 8.49. The first-order chi connectivity index (χ1) is 12.2. The van der Waals surface area contributed by atoms with Crippen molar-refractivity contribution in [2.24, 2.45) is 5.92 Å². The normalized spacial score (nSPS) is 17.7. The summed E-state index contributed by atoms with van der Waals surface area (Å²) in [4.78, 5) is 19.4. The number of carbonyl (C=O) groups is 1. The highest BCUT2D eigenvalue weighted by molar-refractivity contribution is 7.22. The van der Waals surface area contributed by atoms with Crippen molar-refractivity contribution in [1.82, 2.24) is 10.3 Å². The maximum Gasteiger partial charge on any atom is 0.224 e. The number of anilines is 1. The van der Waals surface area contributed by atoms with Crippen LogP contribution in [0.25, 0.3) is 10.2 Å². The number of nitrogens with zero attached hydrogens (tertiary/aromatic N) is 2. The number of ether oxygens (including phenoxy) is 2. The molecule has 0 radical (unpaired) electrons. The Bertz CT molecular complexity index is 719. The molecule has 6 nitrogen and oxygen atoms in total. The highest BCUT2D eigenvalue weighted by Crippen LogP contribution is 2.33. The monoisotopic (exact) mass is 363 g/mol. The van der Waals surface area contributed by atoms with E-state index in [0.29, 0.717) is 13.2 Å². The molecular formula is C18H25N3O3S. The van der Waals surface area contributed by atoms with Crippen molar-refractivity contribution in [2.45, 2.75) is 19.3 Å². The Hall–Kier alpha value is -1.86. The first-order valence-corrected chi connectivity index (χ1v) is 9.49. The van der Waals surface area contributed by atoms with Crippen molar-refractivity contribution < 1.29 is 14.3 Å². The van der Waals surface area contributed by atoms with Gasteiger partial charge in [0.15, 0.2) is 5.13 Å². The van der Waals surface area contributed by atoms with E-state index in [0.717, 1.165) is 53.4 Å². The van der Waals surface area contributed by atoms with Crippen LogP contribution in [0.3, 0.4) is 0 Å². The van der Waals surface area contributed by atoms with E-state index < -0.39 is 0 Å². The lowest BCUT2D eigenvalue weighted by Crippen LogP contribution is -2.43. The molecule has 1 fully saturated rings. The summed E-state index contributed by atoms with van der Waals surface area (Å²) in [6.07, 6.45) is 2.79. The standard InChI is InChI=1S/C18H25N3O3S/c1-23-10-4-8-19-17(22)13-5-3-9-21(12-13)18-20-15-7-6-14(24-2)11-16(15)25-18/h6-7,11,13H,3-5,8-10,12H2,1-2H3,(H,19,22). The van der Waals surface area contributed by atoms with E-state index in [1.807, 2.05) is 18.2 Å². The van der Waals surface area contributed by atoms with Crippen LogP contribution in [0.5, 0.6) is 5.75 Å². The van der Waals surface area contributed by atoms with Gasteiger partial charge in [-0.2, -0.15) is 0 Å². The maximum absolute atomic E-state index is 12.4. The largest absolute Gasteiger partial charge is 0.497 e. The van der Waals surface area contributed by atoms with Crippen LogP contribution < -0.4 is 15.0 Å². The molecule has 136 valence electrons. The third-order valence-corrected chi connectivity index (χ3v) is 5.55. The molecule has 2 aromatic rings. The Morgan fingerprint density at radius 2 is 2.32 bits per heavy atom. The lowest BCUT2D eigenvalue weighted by atomic mass is 9.97. The van der Waals surface area contributed by atoms with E-state index in [1.165, 1.54) is 0 Å². The minimum Gasteiger partial charge on any atom is -0.497 e. The van der Waals surface area contributed by atoms with Crippen LogP contribution in [0.1, 0.15) is 19.3 Å². The van der Waals surface area contributed by atoms with E-state index in [2.05, 4.69) is 10.2 Å². The zero-order valence-corrected chi connectivity index (χ0v) is 15.6. The van der Waals surface area contributed by atoms with Gasteiger partial charge in [-0.15, -0.1) is 0 Å². The number of benzene rings is 1. The van der Waals surface area contributed by atoms with Crippen LogP contribution in [0.4, 0.5) is 5.13 Å². The molecule has 0 spiro atoms. The van der Waals surface area contributed by atoms with Crippen LogP contribution in [0.15, 0.2) is 18.2 Å². The van der Waals surface area contributed by atoms with Crippen LogP contribution in [0, 0.1) is 5.92 Å². The summed E-state index contributed by atoms with van der Waals surface area (Å²) in [7, 11) is 3.35. The summed E-state index contributed by atoms with van der Waals surface area (Å²) in [5.74, 6) is 1.01. The average Bonchev–Trinajstić information content (AvgIpc) is 3.08. The van der Waals surface area contributed by atoms with E-state index in [4.69, 9.17) is 14.5 Å². The molecule has 1 saturated heterocycles. The summed E-state index contributed by atoms with van der Waals surface area (Å²) in [6.45, 7) is 3.02. The Balaban J connectivity index is 1.63. The van der Waals surface area contributed by atoms with Crippen molar-refractivity contribution in [3.63, 3.8) is 0 Å².